The second-order valence-electron chi connectivity index (χ2n) is 5.37. The van der Waals surface area contributed by atoms with Gasteiger partial charge in [-0.15, -0.1) is 23.1 Å². The molecule has 0 bridgehead atoms. The quantitative estimate of drug-likeness (QED) is 0.939. The van der Waals surface area contributed by atoms with Crippen molar-refractivity contribution < 1.29 is 4.79 Å². The van der Waals surface area contributed by atoms with Crippen molar-refractivity contribution in [2.45, 2.75) is 32.1 Å². The van der Waals surface area contributed by atoms with Crippen LogP contribution in [0.4, 0.5) is 0 Å². The van der Waals surface area contributed by atoms with Gasteiger partial charge in [0.15, 0.2) is 0 Å². The van der Waals surface area contributed by atoms with Crippen LogP contribution < -0.4 is 5.32 Å². The Balaban J connectivity index is 1.84. The normalized spacial score (nSPS) is 11.7. The fourth-order valence-electron chi connectivity index (χ4n) is 1.67. The van der Waals surface area contributed by atoms with Crippen molar-refractivity contribution in [3.63, 3.8) is 0 Å². The lowest BCUT2D eigenvalue weighted by Crippen LogP contribution is -2.41. The van der Waals surface area contributed by atoms with Crippen LogP contribution in [0.2, 0.25) is 0 Å². The van der Waals surface area contributed by atoms with Crippen molar-refractivity contribution in [2.24, 2.45) is 0 Å². The first-order chi connectivity index (χ1) is 8.94. The number of carbonyl (C=O) groups excluding carboxylic acids is 1. The Morgan fingerprint density at radius 1 is 1.37 bits per heavy atom. The number of para-hydroxylation sites is 1. The second kappa shape index (κ2) is 5.92. The molecule has 1 aromatic heterocycles. The van der Waals surface area contributed by atoms with Crippen LogP contribution in [0.1, 0.15) is 25.8 Å². The molecular formula is C14H18N2OS2. The summed E-state index contributed by atoms with van der Waals surface area (Å²) < 4.78 is 1.21. The summed E-state index contributed by atoms with van der Waals surface area (Å²) in [5.41, 5.74) is 0.885. The number of nitrogens with zero attached hydrogens (tertiary/aromatic N) is 1. The largest absolute Gasteiger partial charge is 0.351 e. The minimum atomic E-state index is -0.159. The number of nitrogens with one attached hydrogen (secondary N) is 1. The van der Waals surface area contributed by atoms with Gasteiger partial charge in [-0.3, -0.25) is 4.79 Å². The molecule has 0 atom stereocenters. The summed E-state index contributed by atoms with van der Waals surface area (Å²) in [6.45, 7) is 5.97. The van der Waals surface area contributed by atoms with E-state index < -0.39 is 0 Å². The van der Waals surface area contributed by atoms with Crippen molar-refractivity contribution in [3.8, 4) is 0 Å². The molecule has 5 heteroatoms. The van der Waals surface area contributed by atoms with E-state index in [0.29, 0.717) is 5.75 Å². The highest BCUT2D eigenvalue weighted by Gasteiger charge is 2.13. The molecule has 1 heterocycles. The number of hydrogen-bond acceptors (Lipinski definition) is 4. The standard InChI is InChI=1S/C14H18N2OS2/c1-14(2,3)16-12(17)8-18-9-13-15-10-6-4-5-7-11(10)19-13/h4-7H,8-9H2,1-3H3,(H,16,17). The summed E-state index contributed by atoms with van der Waals surface area (Å²) in [4.78, 5) is 16.2. The topological polar surface area (TPSA) is 42.0 Å². The molecule has 2 rings (SSSR count). The summed E-state index contributed by atoms with van der Waals surface area (Å²) in [6.07, 6.45) is 0. The van der Waals surface area contributed by atoms with Crippen LogP contribution in [0.5, 0.6) is 0 Å². The zero-order chi connectivity index (χ0) is 13.9. The average Bonchev–Trinajstić information content (AvgIpc) is 2.68. The van der Waals surface area contributed by atoms with E-state index >= 15 is 0 Å². The van der Waals surface area contributed by atoms with E-state index in [2.05, 4.69) is 16.4 Å². The fourth-order valence-corrected chi connectivity index (χ4v) is 3.51. The SMILES string of the molecule is CC(C)(C)NC(=O)CSCc1nc2ccccc2s1. The predicted octanol–water partition coefficient (Wildman–Crippen LogP) is 3.44. The van der Waals surface area contributed by atoms with Gasteiger partial charge in [-0.2, -0.15) is 0 Å². The third-order valence-electron chi connectivity index (χ3n) is 2.31. The molecule has 0 saturated carbocycles. The van der Waals surface area contributed by atoms with Crippen molar-refractivity contribution >= 4 is 39.2 Å². The molecule has 19 heavy (non-hydrogen) atoms. The maximum Gasteiger partial charge on any atom is 0.230 e. The summed E-state index contributed by atoms with van der Waals surface area (Å²) in [6, 6.07) is 8.11. The minimum Gasteiger partial charge on any atom is -0.351 e. The van der Waals surface area contributed by atoms with Crippen LogP contribution in [0, 0.1) is 0 Å². The van der Waals surface area contributed by atoms with Crippen LogP contribution in [0.15, 0.2) is 24.3 Å². The molecule has 0 radical (unpaired) electrons. The molecule has 0 spiro atoms. The molecule has 2 aromatic rings. The molecule has 1 aromatic carbocycles. The van der Waals surface area contributed by atoms with Gasteiger partial charge in [-0.25, -0.2) is 4.98 Å². The third-order valence-corrected chi connectivity index (χ3v) is 4.47. The smallest absolute Gasteiger partial charge is 0.230 e. The monoisotopic (exact) mass is 294 g/mol. The van der Waals surface area contributed by atoms with Crippen molar-refractivity contribution in [1.82, 2.24) is 10.3 Å². The van der Waals surface area contributed by atoms with Gasteiger partial charge in [0, 0.05) is 11.3 Å². The van der Waals surface area contributed by atoms with Gasteiger partial charge >= 0.3 is 0 Å². The summed E-state index contributed by atoms with van der Waals surface area (Å²) in [5.74, 6) is 1.35. The van der Waals surface area contributed by atoms with E-state index in [4.69, 9.17) is 0 Å². The van der Waals surface area contributed by atoms with Crippen LogP contribution in [0.3, 0.4) is 0 Å². The highest BCUT2D eigenvalue weighted by Crippen LogP contribution is 2.24. The minimum absolute atomic E-state index is 0.0820. The molecule has 0 aliphatic rings. The van der Waals surface area contributed by atoms with Crippen molar-refractivity contribution in [3.05, 3.63) is 29.3 Å². The lowest BCUT2D eigenvalue weighted by Gasteiger charge is -2.20. The van der Waals surface area contributed by atoms with Gasteiger partial charge in [0.25, 0.3) is 0 Å². The Kier molecular flexibility index (Phi) is 4.47. The van der Waals surface area contributed by atoms with Gasteiger partial charge in [-0.1, -0.05) is 12.1 Å². The molecule has 0 unspecified atom stereocenters. The Labute approximate surface area is 121 Å². The summed E-state index contributed by atoms with van der Waals surface area (Å²) in [7, 11) is 0. The number of thioether (sulfide) groups is 1. The molecule has 0 aliphatic carbocycles. The highest BCUT2D eigenvalue weighted by molar-refractivity contribution is 7.99. The van der Waals surface area contributed by atoms with Crippen molar-refractivity contribution in [2.75, 3.05) is 5.75 Å². The first-order valence-corrected chi connectivity index (χ1v) is 8.14. The molecule has 1 N–H and O–H groups in total. The van der Waals surface area contributed by atoms with E-state index in [1.807, 2.05) is 39.0 Å². The highest BCUT2D eigenvalue weighted by atomic mass is 32.2. The number of hydrogen-bond donors (Lipinski definition) is 1. The first-order valence-electron chi connectivity index (χ1n) is 6.17. The maximum atomic E-state index is 11.7. The number of fused-ring (bicyclic) bond motifs is 1. The molecule has 1 amide bonds. The van der Waals surface area contributed by atoms with E-state index in [0.717, 1.165) is 16.3 Å². The van der Waals surface area contributed by atoms with E-state index in [1.165, 1.54) is 4.70 Å². The Hall–Kier alpha value is -1.07. The van der Waals surface area contributed by atoms with Gasteiger partial charge < -0.3 is 5.32 Å². The number of benzene rings is 1. The number of carbonyl (C=O) groups is 1. The van der Waals surface area contributed by atoms with Crippen LogP contribution in [-0.2, 0) is 10.5 Å². The van der Waals surface area contributed by atoms with Crippen LogP contribution >= 0.6 is 23.1 Å². The molecule has 0 aliphatic heterocycles. The second-order valence-corrected chi connectivity index (χ2v) is 7.47. The van der Waals surface area contributed by atoms with E-state index in [9.17, 15) is 4.79 Å². The lowest BCUT2D eigenvalue weighted by molar-refractivity contribution is -0.119. The Morgan fingerprint density at radius 3 is 2.79 bits per heavy atom. The van der Waals surface area contributed by atoms with Gasteiger partial charge in [0.1, 0.15) is 5.01 Å². The zero-order valence-electron chi connectivity index (χ0n) is 11.4. The summed E-state index contributed by atoms with van der Waals surface area (Å²) in [5, 5.41) is 4.03. The molecule has 0 saturated heterocycles. The molecular weight excluding hydrogens is 276 g/mol. The number of aromatic nitrogens is 1. The molecule has 102 valence electrons. The van der Waals surface area contributed by atoms with Crippen molar-refractivity contribution in [1.29, 1.82) is 0 Å². The third kappa shape index (κ3) is 4.51. The van der Waals surface area contributed by atoms with Gasteiger partial charge in [0.2, 0.25) is 5.91 Å². The maximum absolute atomic E-state index is 11.7. The van der Waals surface area contributed by atoms with E-state index in [-0.39, 0.29) is 11.4 Å². The predicted molar refractivity (Wildman–Crippen MR) is 83.7 cm³/mol. The van der Waals surface area contributed by atoms with Crippen LogP contribution in [-0.4, -0.2) is 22.2 Å². The molecule has 0 fully saturated rings. The van der Waals surface area contributed by atoms with Gasteiger partial charge in [0.05, 0.1) is 16.0 Å². The zero-order valence-corrected chi connectivity index (χ0v) is 13.0. The first kappa shape index (κ1) is 14.3. The number of thiazole rings is 1. The number of rotatable bonds is 4. The van der Waals surface area contributed by atoms with Gasteiger partial charge in [-0.05, 0) is 32.9 Å². The average molecular weight is 294 g/mol. The lowest BCUT2D eigenvalue weighted by atomic mass is 10.1. The molecule has 3 nitrogen and oxygen atoms in total. The summed E-state index contributed by atoms with van der Waals surface area (Å²) >= 11 is 3.30. The fraction of sp³-hybridized carbons (Fsp3) is 0.429. The van der Waals surface area contributed by atoms with E-state index in [1.54, 1.807) is 23.1 Å². The van der Waals surface area contributed by atoms with Crippen LogP contribution in [0.25, 0.3) is 10.2 Å². The number of amides is 1. The Morgan fingerprint density at radius 2 is 2.11 bits per heavy atom. The Bertz CT molecular complexity index is 539.